The van der Waals surface area contributed by atoms with Crippen LogP contribution in [0.1, 0.15) is 11.6 Å². The number of sulfone groups is 1. The van der Waals surface area contributed by atoms with Gasteiger partial charge in [-0.2, -0.15) is 0 Å². The molecule has 0 aliphatic carbocycles. The molecule has 28 heavy (non-hydrogen) atoms. The van der Waals surface area contributed by atoms with Crippen LogP contribution in [0.15, 0.2) is 54.6 Å². The van der Waals surface area contributed by atoms with E-state index in [0.29, 0.717) is 37.0 Å². The molecule has 1 N–H and O–H groups in total. The number of hydrogen-bond donors (Lipinski definition) is 1. The number of nitrogens with zero attached hydrogens (tertiary/aromatic N) is 1. The molecule has 1 atom stereocenters. The lowest BCUT2D eigenvalue weighted by Gasteiger charge is -2.33. The Hall–Kier alpha value is -2.09. The van der Waals surface area contributed by atoms with Crippen LogP contribution in [-0.2, 0) is 14.6 Å². The van der Waals surface area contributed by atoms with E-state index < -0.39 is 15.9 Å². The monoisotopic (exact) mass is 422 g/mol. The van der Waals surface area contributed by atoms with Gasteiger partial charge < -0.3 is 10.1 Å². The summed E-state index contributed by atoms with van der Waals surface area (Å²) in [6.07, 6.45) is 0. The Morgan fingerprint density at radius 2 is 1.71 bits per heavy atom. The van der Waals surface area contributed by atoms with E-state index in [0.717, 1.165) is 5.56 Å². The zero-order valence-corrected chi connectivity index (χ0v) is 17.0. The Labute approximate surface area is 170 Å². The Kier molecular flexibility index (Phi) is 6.93. The molecule has 0 bridgehead atoms. The normalized spacial score (nSPS) is 17.6. The highest BCUT2D eigenvalue weighted by atomic mass is 35.5. The summed E-state index contributed by atoms with van der Waals surface area (Å²) >= 11 is 5.84. The van der Waals surface area contributed by atoms with Crippen LogP contribution in [0.2, 0.25) is 5.02 Å². The van der Waals surface area contributed by atoms with Crippen molar-refractivity contribution >= 4 is 27.3 Å². The predicted molar refractivity (Wildman–Crippen MR) is 109 cm³/mol. The van der Waals surface area contributed by atoms with Crippen molar-refractivity contribution in [3.05, 3.63) is 65.2 Å². The van der Waals surface area contributed by atoms with Gasteiger partial charge in [-0.25, -0.2) is 8.42 Å². The smallest absolute Gasteiger partial charge is 0.242 e. The fourth-order valence-corrected chi connectivity index (χ4v) is 4.47. The van der Waals surface area contributed by atoms with Crippen molar-refractivity contribution in [3.8, 4) is 5.75 Å². The average molecular weight is 423 g/mol. The first-order valence-corrected chi connectivity index (χ1v) is 11.3. The molecule has 2 aromatic rings. The first kappa shape index (κ1) is 20.6. The highest BCUT2D eigenvalue weighted by molar-refractivity contribution is 7.91. The number of halogens is 1. The fourth-order valence-electron chi connectivity index (χ4n) is 3.12. The van der Waals surface area contributed by atoms with E-state index in [1.54, 1.807) is 24.3 Å². The van der Waals surface area contributed by atoms with Crippen LogP contribution in [-0.4, -0.2) is 57.0 Å². The van der Waals surface area contributed by atoms with Crippen LogP contribution in [0.3, 0.4) is 0 Å². The maximum atomic E-state index is 12.9. The van der Waals surface area contributed by atoms with Crippen LogP contribution in [0.5, 0.6) is 5.75 Å². The number of benzene rings is 2. The molecule has 8 heteroatoms. The van der Waals surface area contributed by atoms with Crippen molar-refractivity contribution in [2.75, 3.05) is 37.7 Å². The highest BCUT2D eigenvalue weighted by Gasteiger charge is 2.32. The number of ether oxygens (including phenoxy) is 1. The summed E-state index contributed by atoms with van der Waals surface area (Å²) in [6, 6.07) is 15.9. The highest BCUT2D eigenvalue weighted by Crippen LogP contribution is 2.23. The summed E-state index contributed by atoms with van der Waals surface area (Å²) in [7, 11) is -3.01. The molecule has 0 radical (unpaired) electrons. The van der Waals surface area contributed by atoms with Gasteiger partial charge in [0.15, 0.2) is 9.84 Å². The van der Waals surface area contributed by atoms with E-state index in [2.05, 4.69) is 5.32 Å². The van der Waals surface area contributed by atoms with Crippen molar-refractivity contribution in [3.63, 3.8) is 0 Å². The zero-order chi connectivity index (χ0) is 20.0. The fraction of sp³-hybridized carbons (Fsp3) is 0.350. The van der Waals surface area contributed by atoms with Gasteiger partial charge in [0.25, 0.3) is 0 Å². The molecule has 0 saturated carbocycles. The van der Waals surface area contributed by atoms with Crippen LogP contribution in [0, 0.1) is 0 Å². The van der Waals surface area contributed by atoms with E-state index in [1.807, 2.05) is 35.2 Å². The Balaban J connectivity index is 1.59. The van der Waals surface area contributed by atoms with Crippen molar-refractivity contribution in [1.29, 1.82) is 0 Å². The molecule has 6 nitrogen and oxygen atoms in total. The third kappa shape index (κ3) is 5.70. The van der Waals surface area contributed by atoms with Gasteiger partial charge in [-0.1, -0.05) is 41.9 Å². The minimum Gasteiger partial charge on any atom is -0.492 e. The maximum Gasteiger partial charge on any atom is 0.242 e. The SMILES string of the molecule is O=C(NCCOc1ccc(Cl)cc1)C(c1ccccc1)N1CCS(=O)(=O)CC1. The second kappa shape index (κ2) is 9.41. The lowest BCUT2D eigenvalue weighted by Crippen LogP contribution is -2.48. The maximum absolute atomic E-state index is 12.9. The summed E-state index contributed by atoms with van der Waals surface area (Å²) in [6.45, 7) is 1.35. The number of carbonyl (C=O) groups is 1. The second-order valence-corrected chi connectivity index (χ2v) is 9.33. The number of rotatable bonds is 7. The van der Waals surface area contributed by atoms with Gasteiger partial charge in [0.2, 0.25) is 5.91 Å². The van der Waals surface area contributed by atoms with Gasteiger partial charge in [0.1, 0.15) is 18.4 Å². The van der Waals surface area contributed by atoms with Crippen LogP contribution < -0.4 is 10.1 Å². The molecule has 1 unspecified atom stereocenters. The lowest BCUT2D eigenvalue weighted by atomic mass is 10.0. The Morgan fingerprint density at radius 1 is 1.07 bits per heavy atom. The molecule has 1 fully saturated rings. The van der Waals surface area contributed by atoms with Gasteiger partial charge in [0.05, 0.1) is 18.1 Å². The van der Waals surface area contributed by atoms with Crippen LogP contribution in [0.4, 0.5) is 0 Å². The predicted octanol–water partition coefficient (Wildman–Crippen LogP) is 2.31. The number of nitrogens with one attached hydrogen (secondary N) is 1. The molecule has 1 aliphatic rings. The summed E-state index contributed by atoms with van der Waals surface area (Å²) in [5, 5.41) is 3.53. The van der Waals surface area contributed by atoms with E-state index >= 15 is 0 Å². The Bertz CT molecular complexity index is 874. The van der Waals surface area contributed by atoms with E-state index in [9.17, 15) is 13.2 Å². The molecular formula is C20H23ClN2O4S. The number of carbonyl (C=O) groups excluding carboxylic acids is 1. The van der Waals surface area contributed by atoms with Gasteiger partial charge in [-0.15, -0.1) is 0 Å². The molecule has 0 spiro atoms. The first-order chi connectivity index (χ1) is 13.4. The minimum absolute atomic E-state index is 0.0727. The molecule has 1 amide bonds. The van der Waals surface area contributed by atoms with Gasteiger partial charge in [-0.05, 0) is 29.8 Å². The van der Waals surface area contributed by atoms with Gasteiger partial charge in [0, 0.05) is 18.1 Å². The number of amides is 1. The van der Waals surface area contributed by atoms with E-state index in [-0.39, 0.29) is 17.4 Å². The largest absolute Gasteiger partial charge is 0.492 e. The third-order valence-electron chi connectivity index (χ3n) is 4.59. The van der Waals surface area contributed by atoms with E-state index in [1.165, 1.54) is 0 Å². The van der Waals surface area contributed by atoms with Crippen molar-refractivity contribution < 1.29 is 17.9 Å². The summed E-state index contributed by atoms with van der Waals surface area (Å²) in [5.41, 5.74) is 0.845. The molecule has 0 aromatic heterocycles. The standard InChI is InChI=1S/C20H23ClN2O4S/c21-17-6-8-18(9-7-17)27-13-10-22-20(24)19(16-4-2-1-3-5-16)23-11-14-28(25,26)15-12-23/h1-9,19H,10-15H2,(H,22,24). The first-order valence-electron chi connectivity index (χ1n) is 9.10. The van der Waals surface area contributed by atoms with Crippen molar-refractivity contribution in [2.24, 2.45) is 0 Å². The molecule has 1 heterocycles. The molecule has 2 aromatic carbocycles. The summed E-state index contributed by atoms with van der Waals surface area (Å²) in [5.74, 6) is 0.664. The average Bonchev–Trinajstić information content (AvgIpc) is 2.69. The van der Waals surface area contributed by atoms with Gasteiger partial charge >= 0.3 is 0 Å². The topological polar surface area (TPSA) is 75.7 Å². The van der Waals surface area contributed by atoms with Crippen molar-refractivity contribution in [2.45, 2.75) is 6.04 Å². The van der Waals surface area contributed by atoms with Crippen molar-refractivity contribution in [1.82, 2.24) is 10.2 Å². The summed E-state index contributed by atoms with van der Waals surface area (Å²) < 4.78 is 29.1. The van der Waals surface area contributed by atoms with Crippen LogP contribution >= 0.6 is 11.6 Å². The quantitative estimate of drug-likeness (QED) is 0.693. The molecular weight excluding hydrogens is 400 g/mol. The molecule has 3 rings (SSSR count). The van der Waals surface area contributed by atoms with E-state index in [4.69, 9.17) is 16.3 Å². The second-order valence-electron chi connectivity index (χ2n) is 6.59. The molecule has 1 saturated heterocycles. The van der Waals surface area contributed by atoms with Crippen LogP contribution in [0.25, 0.3) is 0 Å². The third-order valence-corrected chi connectivity index (χ3v) is 6.45. The molecule has 1 aliphatic heterocycles. The Morgan fingerprint density at radius 3 is 2.36 bits per heavy atom. The number of hydrogen-bond acceptors (Lipinski definition) is 5. The lowest BCUT2D eigenvalue weighted by molar-refractivity contribution is -0.126. The minimum atomic E-state index is -3.01. The summed E-state index contributed by atoms with van der Waals surface area (Å²) in [4.78, 5) is 14.8. The molecule has 150 valence electrons. The van der Waals surface area contributed by atoms with Gasteiger partial charge in [-0.3, -0.25) is 9.69 Å². The zero-order valence-electron chi connectivity index (χ0n) is 15.4.